The average molecular weight is 477 g/mol. The van der Waals surface area contributed by atoms with Crippen molar-refractivity contribution in [2.45, 2.75) is 56.8 Å². The molecular formula is C23H27F3N6O2. The lowest BCUT2D eigenvalue weighted by Gasteiger charge is -2.38. The first kappa shape index (κ1) is 22.9. The molecule has 2 amide bonds. The number of alkyl halides is 2. The topological polar surface area (TPSA) is 91.3 Å². The van der Waals surface area contributed by atoms with Crippen LogP contribution in [0.4, 0.5) is 18.9 Å². The Morgan fingerprint density at radius 1 is 1.18 bits per heavy atom. The Hall–Kier alpha value is -2.92. The molecule has 0 bridgehead atoms. The van der Waals surface area contributed by atoms with E-state index in [-0.39, 0.29) is 24.3 Å². The first-order chi connectivity index (χ1) is 16.3. The molecule has 11 heteroatoms. The number of piperidine rings is 2. The molecule has 5 rings (SSSR count). The van der Waals surface area contributed by atoms with Gasteiger partial charge >= 0.3 is 0 Å². The summed E-state index contributed by atoms with van der Waals surface area (Å²) in [6.45, 7) is 2.61. The molecule has 0 radical (unpaired) electrons. The zero-order chi connectivity index (χ0) is 23.9. The molecule has 8 nitrogen and oxygen atoms in total. The van der Waals surface area contributed by atoms with Crippen LogP contribution >= 0.6 is 0 Å². The van der Waals surface area contributed by atoms with Crippen molar-refractivity contribution in [3.8, 4) is 0 Å². The van der Waals surface area contributed by atoms with Crippen molar-refractivity contribution in [1.82, 2.24) is 25.3 Å². The van der Waals surface area contributed by atoms with E-state index in [2.05, 4.69) is 21.0 Å². The molecule has 2 atom stereocenters. The number of hydrogen-bond acceptors (Lipinski definition) is 6. The molecule has 34 heavy (non-hydrogen) atoms. The second-order valence-electron chi connectivity index (χ2n) is 9.22. The van der Waals surface area contributed by atoms with Gasteiger partial charge in [0.1, 0.15) is 11.9 Å². The third-order valence-corrected chi connectivity index (χ3v) is 6.74. The van der Waals surface area contributed by atoms with Crippen LogP contribution < -0.4 is 16.0 Å². The second-order valence-corrected chi connectivity index (χ2v) is 9.22. The van der Waals surface area contributed by atoms with Crippen LogP contribution in [0.15, 0.2) is 24.3 Å². The Kier molecular flexibility index (Phi) is 6.07. The summed E-state index contributed by atoms with van der Waals surface area (Å²) >= 11 is 0. The van der Waals surface area contributed by atoms with Gasteiger partial charge in [0.25, 0.3) is 5.92 Å². The molecule has 1 aromatic carbocycles. The van der Waals surface area contributed by atoms with E-state index in [4.69, 9.17) is 0 Å². The van der Waals surface area contributed by atoms with Gasteiger partial charge in [0.05, 0.1) is 30.4 Å². The summed E-state index contributed by atoms with van der Waals surface area (Å²) in [7, 11) is 0. The molecule has 2 aromatic rings. The predicted octanol–water partition coefficient (Wildman–Crippen LogP) is 1.97. The number of nitrogens with one attached hydrogen (secondary N) is 3. The van der Waals surface area contributed by atoms with E-state index in [9.17, 15) is 14.0 Å². The zero-order valence-corrected chi connectivity index (χ0v) is 18.6. The van der Waals surface area contributed by atoms with Gasteiger partial charge in [-0.3, -0.25) is 24.5 Å². The minimum absolute atomic E-state index is 0.0259. The van der Waals surface area contributed by atoms with Crippen LogP contribution in [0.25, 0.3) is 0 Å². The lowest BCUT2D eigenvalue weighted by Crippen LogP contribution is -2.47. The summed E-state index contributed by atoms with van der Waals surface area (Å²) in [4.78, 5) is 24.9. The molecular weight excluding hydrogens is 449 g/mol. The van der Waals surface area contributed by atoms with Crippen molar-refractivity contribution in [2.24, 2.45) is 0 Å². The van der Waals surface area contributed by atoms with Gasteiger partial charge in [0, 0.05) is 31.7 Å². The van der Waals surface area contributed by atoms with Crippen molar-refractivity contribution >= 4 is 17.5 Å². The summed E-state index contributed by atoms with van der Waals surface area (Å²) in [5, 5.41) is 12.9. The molecule has 3 aliphatic rings. The zero-order valence-electron chi connectivity index (χ0n) is 18.6. The number of halogens is 3. The van der Waals surface area contributed by atoms with E-state index in [0.29, 0.717) is 25.2 Å². The quantitative estimate of drug-likeness (QED) is 0.572. The van der Waals surface area contributed by atoms with Crippen LogP contribution in [0.1, 0.15) is 42.1 Å². The van der Waals surface area contributed by atoms with Gasteiger partial charge in [-0.2, -0.15) is 5.10 Å². The largest absolute Gasteiger partial charge is 0.374 e. The van der Waals surface area contributed by atoms with Crippen LogP contribution in [0.2, 0.25) is 0 Å². The highest BCUT2D eigenvalue weighted by molar-refractivity contribution is 6.01. The van der Waals surface area contributed by atoms with Crippen molar-refractivity contribution < 1.29 is 22.8 Å². The monoisotopic (exact) mass is 476 g/mol. The van der Waals surface area contributed by atoms with Crippen LogP contribution in [0.5, 0.6) is 0 Å². The average Bonchev–Trinajstić information content (AvgIpc) is 3.18. The van der Waals surface area contributed by atoms with E-state index in [0.717, 1.165) is 37.1 Å². The number of likely N-dealkylation sites (tertiary alicyclic amines) is 1. The van der Waals surface area contributed by atoms with Gasteiger partial charge < -0.3 is 10.6 Å². The molecule has 3 N–H and O–H groups in total. The number of fused-ring (bicyclic) bond motifs is 1. The Morgan fingerprint density at radius 3 is 2.76 bits per heavy atom. The van der Waals surface area contributed by atoms with E-state index in [1.807, 2.05) is 10.7 Å². The normalized spacial score (nSPS) is 25.0. The van der Waals surface area contributed by atoms with E-state index < -0.39 is 36.2 Å². The van der Waals surface area contributed by atoms with E-state index in [1.54, 1.807) is 4.90 Å². The Morgan fingerprint density at radius 2 is 2.03 bits per heavy atom. The molecule has 2 fully saturated rings. The maximum atomic E-state index is 15.1. The Bertz CT molecular complexity index is 1080. The predicted molar refractivity (Wildman–Crippen MR) is 118 cm³/mol. The van der Waals surface area contributed by atoms with Crippen molar-refractivity contribution in [1.29, 1.82) is 0 Å². The summed E-state index contributed by atoms with van der Waals surface area (Å²) in [5.41, 5.74) is 2.11. The van der Waals surface area contributed by atoms with Gasteiger partial charge in [0.15, 0.2) is 0 Å². The first-order valence-corrected chi connectivity index (χ1v) is 11.5. The third-order valence-electron chi connectivity index (χ3n) is 6.74. The maximum absolute atomic E-state index is 15.1. The number of amides is 2. The van der Waals surface area contributed by atoms with Crippen molar-refractivity contribution in [3.63, 3.8) is 0 Å². The first-order valence-electron chi connectivity index (χ1n) is 11.5. The SMILES string of the molecule is O=C1CCC(Nc2ccc(C3CCN(Cc4cc5n(n4)CCNC5)CC3(F)F)c(F)c2)C(=O)N1. The lowest BCUT2D eigenvalue weighted by molar-refractivity contribution is -0.133. The Labute approximate surface area is 194 Å². The molecule has 4 heterocycles. The number of carbonyl (C=O) groups excluding carboxylic acids is 2. The fourth-order valence-corrected chi connectivity index (χ4v) is 5.02. The van der Waals surface area contributed by atoms with E-state index in [1.165, 1.54) is 12.1 Å². The number of anilines is 1. The smallest absolute Gasteiger partial charge is 0.267 e. The highest BCUT2D eigenvalue weighted by Crippen LogP contribution is 2.42. The van der Waals surface area contributed by atoms with Crippen LogP contribution in [-0.2, 0) is 29.2 Å². The molecule has 2 unspecified atom stereocenters. The molecule has 1 aromatic heterocycles. The van der Waals surface area contributed by atoms with Crippen LogP contribution in [-0.4, -0.2) is 58.1 Å². The van der Waals surface area contributed by atoms with Gasteiger partial charge in [-0.15, -0.1) is 0 Å². The summed E-state index contributed by atoms with van der Waals surface area (Å²) < 4.78 is 47.1. The minimum atomic E-state index is -3.10. The molecule has 2 saturated heterocycles. The minimum Gasteiger partial charge on any atom is -0.374 e. The number of imide groups is 1. The summed E-state index contributed by atoms with van der Waals surface area (Å²) in [6.07, 6.45) is 0.604. The van der Waals surface area contributed by atoms with E-state index >= 15 is 8.78 Å². The summed E-state index contributed by atoms with van der Waals surface area (Å²) in [5.74, 6) is -5.88. The number of rotatable bonds is 5. The fourth-order valence-electron chi connectivity index (χ4n) is 5.02. The van der Waals surface area contributed by atoms with Crippen LogP contribution in [0.3, 0.4) is 0 Å². The summed E-state index contributed by atoms with van der Waals surface area (Å²) in [6, 6.07) is 5.30. The lowest BCUT2D eigenvalue weighted by atomic mass is 9.85. The van der Waals surface area contributed by atoms with Gasteiger partial charge in [-0.1, -0.05) is 6.07 Å². The van der Waals surface area contributed by atoms with Gasteiger partial charge in [-0.05, 0) is 43.1 Å². The standard InChI is InChI=1S/C23H27F3N6O2/c24-19-10-14(28-20-3-4-21(33)29-22(20)34)1-2-17(19)18-5-7-31(13-23(18,25)26)12-15-9-16-11-27-6-8-32(16)30-15/h1-2,9-10,18,20,27-28H,3-8,11-13H2,(H,29,33,34). The van der Waals surface area contributed by atoms with Crippen molar-refractivity contribution in [3.05, 3.63) is 47.0 Å². The molecule has 0 aliphatic carbocycles. The maximum Gasteiger partial charge on any atom is 0.267 e. The number of benzene rings is 1. The van der Waals surface area contributed by atoms with Crippen LogP contribution in [0, 0.1) is 5.82 Å². The Balaban J connectivity index is 1.24. The highest BCUT2D eigenvalue weighted by Gasteiger charge is 2.46. The number of nitrogens with zero attached hydrogens (tertiary/aromatic N) is 3. The van der Waals surface area contributed by atoms with Gasteiger partial charge in [-0.25, -0.2) is 13.2 Å². The number of aromatic nitrogens is 2. The van der Waals surface area contributed by atoms with Gasteiger partial charge in [0.2, 0.25) is 11.8 Å². The highest BCUT2D eigenvalue weighted by atomic mass is 19.3. The van der Waals surface area contributed by atoms with Crippen molar-refractivity contribution in [2.75, 3.05) is 25.0 Å². The molecule has 0 spiro atoms. The third kappa shape index (κ3) is 4.67. The molecule has 3 aliphatic heterocycles. The molecule has 182 valence electrons. The molecule has 0 saturated carbocycles. The second kappa shape index (κ2) is 9.03. The number of hydrogen-bond donors (Lipinski definition) is 3. The fraction of sp³-hybridized carbons (Fsp3) is 0.522. The number of carbonyl (C=O) groups is 2.